The number of benzene rings is 2. The Morgan fingerprint density at radius 1 is 0.958 bits per heavy atom. The SMILES string of the molecule is Cc1cc(NCCc2ccc(O)cc2)nc(Nc2ccccc2)n1. The van der Waals surface area contributed by atoms with Crippen molar-refractivity contribution in [3.05, 3.63) is 71.9 Å². The molecule has 3 aromatic rings. The molecule has 1 aromatic heterocycles. The lowest BCUT2D eigenvalue weighted by Gasteiger charge is -2.10. The maximum atomic E-state index is 9.30. The van der Waals surface area contributed by atoms with Gasteiger partial charge in [-0.2, -0.15) is 4.98 Å². The van der Waals surface area contributed by atoms with Gasteiger partial charge in [-0.1, -0.05) is 30.3 Å². The standard InChI is InChI=1S/C19H20N4O/c1-14-13-18(20-12-11-15-7-9-17(24)10-8-15)23-19(21-14)22-16-5-3-2-4-6-16/h2-10,13,24H,11-12H2,1H3,(H2,20,21,22,23). The fourth-order valence-electron chi connectivity index (χ4n) is 2.36. The third-order valence-corrected chi connectivity index (χ3v) is 3.54. The smallest absolute Gasteiger partial charge is 0.229 e. The highest BCUT2D eigenvalue weighted by atomic mass is 16.3. The van der Waals surface area contributed by atoms with Crippen LogP contribution in [0.2, 0.25) is 0 Å². The first-order chi connectivity index (χ1) is 11.7. The fourth-order valence-corrected chi connectivity index (χ4v) is 2.36. The fraction of sp³-hybridized carbons (Fsp3) is 0.158. The average Bonchev–Trinajstić information content (AvgIpc) is 2.57. The number of nitrogens with one attached hydrogen (secondary N) is 2. The van der Waals surface area contributed by atoms with Crippen LogP contribution in [0.15, 0.2) is 60.7 Å². The summed E-state index contributed by atoms with van der Waals surface area (Å²) in [5, 5.41) is 15.8. The van der Waals surface area contributed by atoms with Crippen LogP contribution in [-0.2, 0) is 6.42 Å². The maximum Gasteiger partial charge on any atom is 0.229 e. The number of anilines is 3. The number of aromatic nitrogens is 2. The lowest BCUT2D eigenvalue weighted by molar-refractivity contribution is 0.475. The zero-order chi connectivity index (χ0) is 16.8. The van der Waals surface area contributed by atoms with Crippen molar-refractivity contribution in [2.75, 3.05) is 17.2 Å². The van der Waals surface area contributed by atoms with Gasteiger partial charge in [-0.3, -0.25) is 0 Å². The molecule has 1 heterocycles. The van der Waals surface area contributed by atoms with Gasteiger partial charge in [-0.05, 0) is 43.2 Å². The second-order valence-electron chi connectivity index (χ2n) is 5.55. The predicted octanol–water partition coefficient (Wildman–Crippen LogP) is 3.89. The molecule has 0 atom stereocenters. The lowest BCUT2D eigenvalue weighted by atomic mass is 10.1. The van der Waals surface area contributed by atoms with Crippen molar-refractivity contribution in [2.45, 2.75) is 13.3 Å². The molecule has 5 heteroatoms. The first kappa shape index (κ1) is 15.8. The second-order valence-corrected chi connectivity index (χ2v) is 5.55. The molecule has 0 amide bonds. The van der Waals surface area contributed by atoms with Gasteiger partial charge in [0.2, 0.25) is 5.95 Å². The third-order valence-electron chi connectivity index (χ3n) is 3.54. The van der Waals surface area contributed by atoms with Gasteiger partial charge in [0.15, 0.2) is 0 Å². The molecule has 24 heavy (non-hydrogen) atoms. The molecular weight excluding hydrogens is 300 g/mol. The van der Waals surface area contributed by atoms with Crippen LogP contribution in [0.3, 0.4) is 0 Å². The minimum Gasteiger partial charge on any atom is -0.508 e. The van der Waals surface area contributed by atoms with Crippen molar-refractivity contribution in [3.63, 3.8) is 0 Å². The summed E-state index contributed by atoms with van der Waals surface area (Å²) in [7, 11) is 0. The van der Waals surface area contributed by atoms with E-state index in [1.165, 1.54) is 0 Å². The molecule has 0 bridgehead atoms. The van der Waals surface area contributed by atoms with Gasteiger partial charge in [-0.15, -0.1) is 0 Å². The number of aryl methyl sites for hydroxylation is 1. The number of phenolic OH excluding ortho intramolecular Hbond substituents is 1. The zero-order valence-electron chi connectivity index (χ0n) is 13.5. The van der Waals surface area contributed by atoms with Crippen molar-refractivity contribution < 1.29 is 5.11 Å². The van der Waals surface area contributed by atoms with Crippen molar-refractivity contribution in [3.8, 4) is 5.75 Å². The Hall–Kier alpha value is -3.08. The Balaban J connectivity index is 1.62. The van der Waals surface area contributed by atoms with E-state index in [4.69, 9.17) is 0 Å². The average molecular weight is 320 g/mol. The Bertz CT molecular complexity index is 788. The summed E-state index contributed by atoms with van der Waals surface area (Å²) in [4.78, 5) is 8.92. The monoisotopic (exact) mass is 320 g/mol. The summed E-state index contributed by atoms with van der Waals surface area (Å²) in [6, 6.07) is 19.0. The highest BCUT2D eigenvalue weighted by Gasteiger charge is 2.03. The molecule has 0 aliphatic heterocycles. The molecule has 0 fully saturated rings. The molecule has 0 radical (unpaired) electrons. The molecule has 0 unspecified atom stereocenters. The molecule has 5 nitrogen and oxygen atoms in total. The highest BCUT2D eigenvalue weighted by Crippen LogP contribution is 2.15. The largest absolute Gasteiger partial charge is 0.508 e. The summed E-state index contributed by atoms with van der Waals surface area (Å²) >= 11 is 0. The first-order valence-electron chi connectivity index (χ1n) is 7.88. The van der Waals surface area contributed by atoms with E-state index in [0.717, 1.165) is 35.7 Å². The van der Waals surface area contributed by atoms with Gasteiger partial charge in [0.25, 0.3) is 0 Å². The van der Waals surface area contributed by atoms with Crippen LogP contribution in [0.5, 0.6) is 5.75 Å². The van der Waals surface area contributed by atoms with Crippen LogP contribution in [-0.4, -0.2) is 21.6 Å². The number of para-hydroxylation sites is 1. The van der Waals surface area contributed by atoms with Gasteiger partial charge in [0.1, 0.15) is 11.6 Å². The van der Waals surface area contributed by atoms with Crippen LogP contribution in [0.4, 0.5) is 17.5 Å². The summed E-state index contributed by atoms with van der Waals surface area (Å²) < 4.78 is 0. The maximum absolute atomic E-state index is 9.30. The number of hydrogen-bond donors (Lipinski definition) is 3. The molecular formula is C19H20N4O. The van der Waals surface area contributed by atoms with E-state index in [9.17, 15) is 5.11 Å². The molecule has 3 N–H and O–H groups in total. The number of aromatic hydroxyl groups is 1. The molecule has 3 rings (SSSR count). The third kappa shape index (κ3) is 4.46. The summed E-state index contributed by atoms with van der Waals surface area (Å²) in [5.41, 5.74) is 3.02. The van der Waals surface area contributed by atoms with E-state index in [0.29, 0.717) is 5.95 Å². The van der Waals surface area contributed by atoms with Crippen molar-refractivity contribution in [1.29, 1.82) is 0 Å². The first-order valence-corrected chi connectivity index (χ1v) is 7.88. The van der Waals surface area contributed by atoms with Gasteiger partial charge >= 0.3 is 0 Å². The summed E-state index contributed by atoms with van der Waals surface area (Å²) in [6.07, 6.45) is 0.852. The van der Waals surface area contributed by atoms with Crippen LogP contribution in [0.25, 0.3) is 0 Å². The van der Waals surface area contributed by atoms with E-state index >= 15 is 0 Å². The van der Waals surface area contributed by atoms with E-state index < -0.39 is 0 Å². The van der Waals surface area contributed by atoms with E-state index in [2.05, 4.69) is 20.6 Å². The minimum absolute atomic E-state index is 0.287. The quantitative estimate of drug-likeness (QED) is 0.643. The van der Waals surface area contributed by atoms with E-state index in [-0.39, 0.29) is 5.75 Å². The molecule has 122 valence electrons. The van der Waals surface area contributed by atoms with Crippen LogP contribution in [0.1, 0.15) is 11.3 Å². The normalized spacial score (nSPS) is 10.4. The highest BCUT2D eigenvalue weighted by molar-refractivity contribution is 5.54. The zero-order valence-corrected chi connectivity index (χ0v) is 13.5. The lowest BCUT2D eigenvalue weighted by Crippen LogP contribution is -2.08. The van der Waals surface area contributed by atoms with Crippen molar-refractivity contribution in [2.24, 2.45) is 0 Å². The molecule has 0 spiro atoms. The van der Waals surface area contributed by atoms with Gasteiger partial charge in [0, 0.05) is 24.0 Å². The summed E-state index contributed by atoms with van der Waals surface area (Å²) in [5.74, 6) is 1.66. The van der Waals surface area contributed by atoms with Crippen LogP contribution in [0, 0.1) is 6.92 Å². The Kier molecular flexibility index (Phi) is 4.91. The Morgan fingerprint density at radius 3 is 2.46 bits per heavy atom. The number of nitrogens with zero attached hydrogens (tertiary/aromatic N) is 2. The number of rotatable bonds is 6. The summed E-state index contributed by atoms with van der Waals surface area (Å²) in [6.45, 7) is 2.70. The van der Waals surface area contributed by atoms with Gasteiger partial charge in [0.05, 0.1) is 0 Å². The van der Waals surface area contributed by atoms with Crippen LogP contribution >= 0.6 is 0 Å². The predicted molar refractivity (Wildman–Crippen MR) is 96.8 cm³/mol. The van der Waals surface area contributed by atoms with Crippen LogP contribution < -0.4 is 10.6 Å². The Morgan fingerprint density at radius 2 is 1.71 bits per heavy atom. The molecule has 0 aliphatic carbocycles. The minimum atomic E-state index is 0.287. The molecule has 0 saturated carbocycles. The van der Waals surface area contributed by atoms with Gasteiger partial charge in [-0.25, -0.2) is 4.98 Å². The molecule has 0 saturated heterocycles. The molecule has 0 aliphatic rings. The van der Waals surface area contributed by atoms with E-state index in [1.54, 1.807) is 12.1 Å². The van der Waals surface area contributed by atoms with E-state index in [1.807, 2.05) is 55.5 Å². The van der Waals surface area contributed by atoms with Gasteiger partial charge < -0.3 is 15.7 Å². The second kappa shape index (κ2) is 7.46. The van der Waals surface area contributed by atoms with Crippen molar-refractivity contribution in [1.82, 2.24) is 9.97 Å². The Labute approximate surface area is 141 Å². The number of phenols is 1. The topological polar surface area (TPSA) is 70.1 Å². The molecule has 2 aromatic carbocycles. The number of hydrogen-bond acceptors (Lipinski definition) is 5. The van der Waals surface area contributed by atoms with Crippen molar-refractivity contribution >= 4 is 17.5 Å².